The molecule has 154 valence electrons. The topological polar surface area (TPSA) is 41.5 Å². The van der Waals surface area contributed by atoms with Gasteiger partial charge in [-0.15, -0.1) is 0 Å². The number of hydrazone groups is 1. The summed E-state index contributed by atoms with van der Waals surface area (Å²) in [6.45, 7) is 6.29. The summed E-state index contributed by atoms with van der Waals surface area (Å²) in [4.78, 5) is 12.1. The maximum atomic E-state index is 13.6. The number of carbonyl (C=O) groups is 1. The molecule has 0 aromatic heterocycles. The first-order chi connectivity index (χ1) is 13.5. The lowest BCUT2D eigenvalue weighted by Crippen LogP contribution is -2.20. The molecule has 2 aromatic carbocycles. The first-order valence-corrected chi connectivity index (χ1v) is 8.97. The summed E-state index contributed by atoms with van der Waals surface area (Å²) in [5.41, 5.74) is 3.04. The van der Waals surface area contributed by atoms with E-state index in [1.165, 1.54) is 0 Å². The first-order valence-electron chi connectivity index (χ1n) is 8.97. The minimum atomic E-state index is -2.25. The molecule has 1 amide bonds. The van der Waals surface area contributed by atoms with E-state index in [9.17, 15) is 26.7 Å². The van der Waals surface area contributed by atoms with Gasteiger partial charge in [0.2, 0.25) is 11.7 Å². The van der Waals surface area contributed by atoms with Crippen LogP contribution in [0.5, 0.6) is 0 Å². The minimum Gasteiger partial charge on any atom is -0.273 e. The Morgan fingerprint density at radius 1 is 0.966 bits per heavy atom. The highest BCUT2D eigenvalue weighted by Gasteiger charge is 2.44. The van der Waals surface area contributed by atoms with Gasteiger partial charge in [0.15, 0.2) is 23.3 Å². The zero-order valence-corrected chi connectivity index (χ0v) is 16.0. The Kier molecular flexibility index (Phi) is 5.47. The highest BCUT2D eigenvalue weighted by Crippen LogP contribution is 2.47. The van der Waals surface area contributed by atoms with Crippen LogP contribution in [0.4, 0.5) is 22.0 Å². The summed E-state index contributed by atoms with van der Waals surface area (Å²) in [7, 11) is 0. The van der Waals surface area contributed by atoms with Crippen LogP contribution in [-0.4, -0.2) is 12.1 Å². The molecule has 1 fully saturated rings. The van der Waals surface area contributed by atoms with Crippen LogP contribution < -0.4 is 5.43 Å². The molecule has 1 aliphatic rings. The van der Waals surface area contributed by atoms with Gasteiger partial charge < -0.3 is 0 Å². The van der Waals surface area contributed by atoms with Crippen LogP contribution in [-0.2, 0) is 10.2 Å². The molecule has 0 aliphatic heterocycles. The normalized spacial score (nSPS) is 18.9. The second-order valence-electron chi connectivity index (χ2n) is 8.04. The van der Waals surface area contributed by atoms with Gasteiger partial charge in [-0.25, -0.2) is 27.4 Å². The highest BCUT2D eigenvalue weighted by molar-refractivity contribution is 5.85. The van der Waals surface area contributed by atoms with Crippen LogP contribution in [0.3, 0.4) is 0 Å². The molecule has 0 heterocycles. The van der Waals surface area contributed by atoms with E-state index < -0.39 is 40.6 Å². The molecule has 0 saturated heterocycles. The highest BCUT2D eigenvalue weighted by atomic mass is 19.2. The van der Waals surface area contributed by atoms with Crippen molar-refractivity contribution in [1.82, 2.24) is 5.43 Å². The van der Waals surface area contributed by atoms with E-state index in [0.717, 1.165) is 11.1 Å². The zero-order valence-electron chi connectivity index (χ0n) is 16.0. The zero-order chi connectivity index (χ0) is 21.5. The molecule has 0 bridgehead atoms. The van der Waals surface area contributed by atoms with Crippen molar-refractivity contribution in [2.45, 2.75) is 38.5 Å². The average molecular weight is 410 g/mol. The van der Waals surface area contributed by atoms with Crippen LogP contribution in [0.1, 0.15) is 49.8 Å². The van der Waals surface area contributed by atoms with Crippen LogP contribution in [0.15, 0.2) is 29.4 Å². The molecule has 1 aliphatic carbocycles. The molecule has 3 nitrogen and oxygen atoms in total. The Hall–Kier alpha value is -2.77. The van der Waals surface area contributed by atoms with Gasteiger partial charge >= 0.3 is 0 Å². The van der Waals surface area contributed by atoms with Crippen molar-refractivity contribution in [1.29, 1.82) is 0 Å². The molecule has 0 unspecified atom stereocenters. The van der Waals surface area contributed by atoms with Gasteiger partial charge in [-0.3, -0.25) is 4.79 Å². The van der Waals surface area contributed by atoms with E-state index in [1.807, 2.05) is 24.3 Å². The van der Waals surface area contributed by atoms with Crippen molar-refractivity contribution in [3.8, 4) is 0 Å². The van der Waals surface area contributed by atoms with Gasteiger partial charge in [-0.05, 0) is 28.9 Å². The van der Waals surface area contributed by atoms with Crippen molar-refractivity contribution in [3.63, 3.8) is 0 Å². The molecule has 2 aromatic rings. The van der Waals surface area contributed by atoms with Gasteiger partial charge in [0.1, 0.15) is 0 Å². The van der Waals surface area contributed by atoms with Crippen molar-refractivity contribution >= 4 is 12.1 Å². The van der Waals surface area contributed by atoms with Gasteiger partial charge in [0, 0.05) is 5.92 Å². The van der Waals surface area contributed by atoms with E-state index in [2.05, 4.69) is 31.3 Å². The lowest BCUT2D eigenvalue weighted by molar-refractivity contribution is -0.122. The molecule has 0 radical (unpaired) electrons. The lowest BCUT2D eigenvalue weighted by Gasteiger charge is -2.19. The van der Waals surface area contributed by atoms with Crippen molar-refractivity contribution in [2.24, 2.45) is 11.0 Å². The predicted octanol–water partition coefficient (Wildman–Crippen LogP) is 4.93. The number of amides is 1. The largest absolute Gasteiger partial charge is 0.273 e. The molecular formula is C21H19F5N2O. The fourth-order valence-electron chi connectivity index (χ4n) is 3.06. The number of hydrogen-bond donors (Lipinski definition) is 1. The quantitative estimate of drug-likeness (QED) is 0.251. The fourth-order valence-corrected chi connectivity index (χ4v) is 3.06. The molecule has 8 heteroatoms. The summed E-state index contributed by atoms with van der Waals surface area (Å²) in [5.74, 6) is -11.3. The molecule has 1 saturated carbocycles. The number of nitrogens with one attached hydrogen (secondary N) is 1. The standard InChI is InChI=1S/C21H19F5N2O/c1-21(2,3)11-6-4-10(5-7-11)12-8-13(12)20(29)28-27-9-14-15(22)17(24)19(26)18(25)16(14)23/h4-7,9,12-13H,8H2,1-3H3,(H,28,29)/b27-9+/t12-,13-/m1/s1. The van der Waals surface area contributed by atoms with Crippen molar-refractivity contribution < 1.29 is 26.7 Å². The van der Waals surface area contributed by atoms with Crippen LogP contribution in [0.2, 0.25) is 0 Å². The molecule has 2 atom stereocenters. The van der Waals surface area contributed by atoms with Gasteiger partial charge in [-0.2, -0.15) is 5.10 Å². The second kappa shape index (κ2) is 7.57. The summed E-state index contributed by atoms with van der Waals surface area (Å²) in [5, 5.41) is 3.35. The Bertz CT molecular complexity index is 951. The third-order valence-corrected chi connectivity index (χ3v) is 4.94. The number of halogens is 5. The molecular weight excluding hydrogens is 391 g/mol. The Morgan fingerprint density at radius 2 is 1.48 bits per heavy atom. The third-order valence-electron chi connectivity index (χ3n) is 4.94. The van der Waals surface area contributed by atoms with E-state index in [-0.39, 0.29) is 17.3 Å². The van der Waals surface area contributed by atoms with E-state index in [4.69, 9.17) is 0 Å². The van der Waals surface area contributed by atoms with Gasteiger partial charge in [-0.1, -0.05) is 45.0 Å². The Balaban J connectivity index is 1.65. The Morgan fingerprint density at radius 3 is 2.00 bits per heavy atom. The third kappa shape index (κ3) is 4.16. The van der Waals surface area contributed by atoms with Gasteiger partial charge in [0.05, 0.1) is 11.8 Å². The van der Waals surface area contributed by atoms with E-state index >= 15 is 0 Å². The van der Waals surface area contributed by atoms with E-state index in [1.54, 1.807) is 0 Å². The maximum absolute atomic E-state index is 13.6. The molecule has 1 N–H and O–H groups in total. The summed E-state index contributed by atoms with van der Waals surface area (Å²) >= 11 is 0. The average Bonchev–Trinajstić information content (AvgIpc) is 3.48. The lowest BCUT2D eigenvalue weighted by atomic mass is 9.86. The number of nitrogens with zero attached hydrogens (tertiary/aromatic N) is 1. The number of benzene rings is 2. The first kappa shape index (κ1) is 21.0. The minimum absolute atomic E-state index is 0.00611. The molecule has 3 rings (SSSR count). The number of rotatable bonds is 4. The summed E-state index contributed by atoms with van der Waals surface area (Å²) < 4.78 is 66.5. The summed E-state index contributed by atoms with van der Waals surface area (Å²) in [6, 6.07) is 7.92. The number of carbonyl (C=O) groups excluding carboxylic acids is 1. The predicted molar refractivity (Wildman–Crippen MR) is 98.0 cm³/mol. The SMILES string of the molecule is CC(C)(C)c1ccc([C@H]2C[C@H]2C(=O)N/N=C/c2c(F)c(F)c(F)c(F)c2F)cc1. The monoisotopic (exact) mass is 410 g/mol. The fraction of sp³-hybridized carbons (Fsp3) is 0.333. The van der Waals surface area contributed by atoms with Crippen LogP contribution in [0.25, 0.3) is 0 Å². The molecule has 0 spiro atoms. The Labute approximate surface area is 164 Å². The van der Waals surface area contributed by atoms with Gasteiger partial charge in [0.25, 0.3) is 0 Å². The number of hydrogen-bond acceptors (Lipinski definition) is 2. The molecule has 29 heavy (non-hydrogen) atoms. The second-order valence-corrected chi connectivity index (χ2v) is 8.04. The van der Waals surface area contributed by atoms with E-state index in [0.29, 0.717) is 12.6 Å². The smallest absolute Gasteiger partial charge is 0.243 e. The summed E-state index contributed by atoms with van der Waals surface area (Å²) in [6.07, 6.45) is 0.989. The van der Waals surface area contributed by atoms with Crippen LogP contribution in [0, 0.1) is 35.0 Å². The van der Waals surface area contributed by atoms with Crippen LogP contribution >= 0.6 is 0 Å². The van der Waals surface area contributed by atoms with Crippen molar-refractivity contribution in [2.75, 3.05) is 0 Å². The maximum Gasteiger partial charge on any atom is 0.243 e. The van der Waals surface area contributed by atoms with Crippen molar-refractivity contribution in [3.05, 3.63) is 70.0 Å².